The van der Waals surface area contributed by atoms with Crippen LogP contribution in [0, 0.1) is 17.6 Å². The van der Waals surface area contributed by atoms with E-state index < -0.39 is 0 Å². The maximum absolute atomic E-state index is 12.8. The van der Waals surface area contributed by atoms with Crippen molar-refractivity contribution in [3.05, 3.63) is 35.4 Å². The number of hydrogen-bond donors (Lipinski definition) is 1. The summed E-state index contributed by atoms with van der Waals surface area (Å²) in [4.78, 5) is 20.3. The highest BCUT2D eigenvalue weighted by Crippen LogP contribution is 2.11. The Morgan fingerprint density at radius 1 is 1.33 bits per heavy atom. The van der Waals surface area contributed by atoms with Crippen LogP contribution < -0.4 is 5.32 Å². The van der Waals surface area contributed by atoms with Crippen molar-refractivity contribution in [3.8, 4) is 0 Å². The molecule has 1 rings (SSSR count). The van der Waals surface area contributed by atoms with E-state index in [1.54, 1.807) is 0 Å². The minimum absolute atomic E-state index is 0.191. The van der Waals surface area contributed by atoms with Crippen LogP contribution in [0.2, 0.25) is 0 Å². The smallest absolute Gasteiger partial charge is 0.226 e. The average molecular weight is 299 g/mol. The fourth-order valence-electron chi connectivity index (χ4n) is 1.56. The molecule has 21 heavy (non-hydrogen) atoms. The minimum atomic E-state index is -0.366. The molecule has 1 aromatic carbocycles. The van der Waals surface area contributed by atoms with Gasteiger partial charge >= 0.3 is 0 Å². The number of carbonyl (C=O) groups excluding carboxylic acids is 2. The maximum Gasteiger partial charge on any atom is 0.226 e. The molecule has 0 fully saturated rings. The molecule has 0 aromatic heterocycles. The van der Waals surface area contributed by atoms with Gasteiger partial charge < -0.3 is 0 Å². The molecule has 0 radical (unpaired) electrons. The highest BCUT2D eigenvalue weighted by Gasteiger charge is 2.01. The first-order valence-electron chi connectivity index (χ1n) is 7.07. The predicted molar refractivity (Wildman–Crippen MR) is 78.6 cm³/mol. The first-order chi connectivity index (χ1) is 9.90. The zero-order valence-corrected chi connectivity index (χ0v) is 12.8. The molecule has 0 aliphatic carbocycles. The molecule has 1 aromatic rings. The highest BCUT2D eigenvalue weighted by atomic mass is 19.1. The van der Waals surface area contributed by atoms with Crippen molar-refractivity contribution in [2.24, 2.45) is 5.92 Å². The molecule has 118 valence electrons. The van der Waals surface area contributed by atoms with E-state index in [1.165, 1.54) is 12.1 Å². The Kier molecular flexibility index (Phi) is 10.0. The van der Waals surface area contributed by atoms with Crippen LogP contribution in [0.1, 0.15) is 45.6 Å². The van der Waals surface area contributed by atoms with Gasteiger partial charge in [-0.3, -0.25) is 14.9 Å². The van der Waals surface area contributed by atoms with Crippen LogP contribution in [0.25, 0.3) is 0 Å². The third kappa shape index (κ3) is 9.71. The van der Waals surface area contributed by atoms with Crippen molar-refractivity contribution in [3.63, 3.8) is 0 Å². The molecular formula is C16H23F2NO2. The number of nitrogens with one attached hydrogen (secondary N) is 1. The Labute approximate surface area is 124 Å². The summed E-state index contributed by atoms with van der Waals surface area (Å²) < 4.78 is 25.3. The molecule has 0 atom stereocenters. The number of halogens is 2. The Morgan fingerprint density at radius 3 is 2.52 bits per heavy atom. The molecule has 0 bridgehead atoms. The first kappa shape index (κ1) is 19.2. The van der Waals surface area contributed by atoms with Crippen molar-refractivity contribution >= 4 is 12.3 Å². The quantitative estimate of drug-likeness (QED) is 0.816. The van der Waals surface area contributed by atoms with Gasteiger partial charge in [0.15, 0.2) is 0 Å². The number of rotatable bonds is 6. The Balaban J connectivity index is 0.000000384. The van der Waals surface area contributed by atoms with E-state index in [0.29, 0.717) is 30.7 Å². The summed E-state index contributed by atoms with van der Waals surface area (Å²) in [7, 11) is 0. The molecule has 0 aliphatic heterocycles. The van der Waals surface area contributed by atoms with Gasteiger partial charge in [0, 0.05) is 6.42 Å². The third-order valence-electron chi connectivity index (χ3n) is 2.70. The van der Waals surface area contributed by atoms with E-state index in [1.807, 2.05) is 20.8 Å². The maximum atomic E-state index is 12.8. The van der Waals surface area contributed by atoms with Crippen LogP contribution in [-0.2, 0) is 16.0 Å². The second-order valence-corrected chi connectivity index (χ2v) is 5.10. The van der Waals surface area contributed by atoms with Gasteiger partial charge in [-0.05, 0) is 42.5 Å². The molecule has 1 N–H and O–H groups in total. The predicted octanol–water partition coefficient (Wildman–Crippen LogP) is 3.61. The molecule has 0 spiro atoms. The van der Waals surface area contributed by atoms with Crippen molar-refractivity contribution in [1.82, 2.24) is 5.32 Å². The first-order valence-corrected chi connectivity index (χ1v) is 7.07. The Morgan fingerprint density at radius 2 is 2.00 bits per heavy atom. The van der Waals surface area contributed by atoms with E-state index in [0.717, 1.165) is 18.9 Å². The number of aryl methyl sites for hydroxylation is 1. The summed E-state index contributed by atoms with van der Waals surface area (Å²) >= 11 is 0. The summed E-state index contributed by atoms with van der Waals surface area (Å²) in [5, 5.41) is 2.08. The summed E-state index contributed by atoms with van der Waals surface area (Å²) in [6, 6.07) is 3.55. The Bertz CT molecular complexity index is 448. The molecule has 0 saturated carbocycles. The number of imide groups is 1. The molecule has 0 aliphatic rings. The fraction of sp³-hybridized carbons (Fsp3) is 0.500. The summed E-state index contributed by atoms with van der Waals surface area (Å²) in [6.45, 7) is 6.01. The molecule has 2 amide bonds. The monoisotopic (exact) mass is 299 g/mol. The lowest BCUT2D eigenvalue weighted by molar-refractivity contribution is -0.125. The van der Waals surface area contributed by atoms with E-state index in [4.69, 9.17) is 0 Å². The van der Waals surface area contributed by atoms with Gasteiger partial charge in [0.2, 0.25) is 12.3 Å². The Hall–Kier alpha value is -1.78. The zero-order valence-electron chi connectivity index (χ0n) is 12.8. The van der Waals surface area contributed by atoms with Crippen LogP contribution in [-0.4, -0.2) is 12.3 Å². The third-order valence-corrected chi connectivity index (χ3v) is 2.70. The lowest BCUT2D eigenvalue weighted by atomic mass is 10.1. The van der Waals surface area contributed by atoms with Crippen LogP contribution in [0.3, 0.4) is 0 Å². The van der Waals surface area contributed by atoms with Gasteiger partial charge in [-0.2, -0.15) is 0 Å². The van der Waals surface area contributed by atoms with Crippen LogP contribution in [0.4, 0.5) is 8.78 Å². The topological polar surface area (TPSA) is 46.2 Å². The van der Waals surface area contributed by atoms with E-state index in [9.17, 15) is 18.4 Å². The fourth-order valence-corrected chi connectivity index (χ4v) is 1.56. The van der Waals surface area contributed by atoms with E-state index >= 15 is 0 Å². The van der Waals surface area contributed by atoms with Crippen molar-refractivity contribution < 1.29 is 18.4 Å². The lowest BCUT2D eigenvalue weighted by Crippen LogP contribution is -2.21. The van der Waals surface area contributed by atoms with Crippen LogP contribution in [0.15, 0.2) is 18.2 Å². The number of hydrogen-bond acceptors (Lipinski definition) is 2. The van der Waals surface area contributed by atoms with E-state index in [2.05, 4.69) is 5.32 Å². The standard InChI is InChI=1S/C9H10F2.C7H13NO2/c1-2-3-7-6-8(10)4-5-9(7)11;1-6(2)3-4-7(10)8-5-9/h4-6H,2-3H2,1H3;5-6H,3-4H2,1-2H3,(H,8,9,10). The van der Waals surface area contributed by atoms with Gasteiger partial charge in [-0.15, -0.1) is 0 Å². The molecule has 5 heteroatoms. The van der Waals surface area contributed by atoms with Gasteiger partial charge in [0.25, 0.3) is 0 Å². The summed E-state index contributed by atoms with van der Waals surface area (Å²) in [5.74, 6) is -0.357. The van der Waals surface area contributed by atoms with Gasteiger partial charge in [-0.25, -0.2) is 8.78 Å². The number of benzene rings is 1. The van der Waals surface area contributed by atoms with E-state index in [-0.39, 0.29) is 17.5 Å². The second kappa shape index (κ2) is 10.9. The van der Waals surface area contributed by atoms with Gasteiger partial charge in [0.05, 0.1) is 0 Å². The molecule has 0 saturated heterocycles. The zero-order chi connectivity index (χ0) is 16.3. The van der Waals surface area contributed by atoms with Gasteiger partial charge in [-0.1, -0.05) is 27.2 Å². The molecule has 0 unspecified atom stereocenters. The highest BCUT2D eigenvalue weighted by molar-refractivity contribution is 5.85. The normalized spacial score (nSPS) is 9.81. The largest absolute Gasteiger partial charge is 0.299 e. The van der Waals surface area contributed by atoms with Crippen molar-refractivity contribution in [2.45, 2.75) is 46.5 Å². The number of carbonyl (C=O) groups is 2. The van der Waals surface area contributed by atoms with Crippen LogP contribution >= 0.6 is 0 Å². The van der Waals surface area contributed by atoms with Crippen LogP contribution in [0.5, 0.6) is 0 Å². The van der Waals surface area contributed by atoms with Gasteiger partial charge in [0.1, 0.15) is 11.6 Å². The molecule has 3 nitrogen and oxygen atoms in total. The summed E-state index contributed by atoms with van der Waals surface area (Å²) in [5.41, 5.74) is 0.465. The SMILES string of the molecule is CC(C)CCC(=O)NC=O.CCCc1cc(F)ccc1F. The van der Waals surface area contributed by atoms with Crippen molar-refractivity contribution in [2.75, 3.05) is 0 Å². The second-order valence-electron chi connectivity index (χ2n) is 5.10. The van der Waals surface area contributed by atoms with Crippen molar-refractivity contribution in [1.29, 1.82) is 0 Å². The lowest BCUT2D eigenvalue weighted by Gasteiger charge is -2.00. The summed E-state index contributed by atoms with van der Waals surface area (Å²) in [6.07, 6.45) is 3.13. The number of amides is 2. The molecular weight excluding hydrogens is 276 g/mol. The average Bonchev–Trinajstić information content (AvgIpc) is 2.42. The molecule has 0 heterocycles. The minimum Gasteiger partial charge on any atom is -0.299 e.